The van der Waals surface area contributed by atoms with Gasteiger partial charge in [0.25, 0.3) is 5.91 Å². The molecule has 3 rings (SSSR count). The molecule has 1 heterocycles. The molecule has 0 aliphatic carbocycles. The van der Waals surface area contributed by atoms with Crippen LogP contribution in [0.25, 0.3) is 0 Å². The summed E-state index contributed by atoms with van der Waals surface area (Å²) < 4.78 is 0. The average Bonchev–Trinajstić information content (AvgIpc) is 3.17. The van der Waals surface area contributed by atoms with Crippen LogP contribution in [0.3, 0.4) is 0 Å². The molecule has 0 bridgehead atoms. The van der Waals surface area contributed by atoms with Gasteiger partial charge in [-0.05, 0) is 41.1 Å². The molecule has 0 saturated carbocycles. The molecular formula is C20H20N2O2S. The minimum Gasteiger partial charge on any atom is -0.385 e. The van der Waals surface area contributed by atoms with E-state index in [1.54, 1.807) is 16.8 Å². The second-order valence-electron chi connectivity index (χ2n) is 5.70. The smallest absolute Gasteiger partial charge is 0.255 e. The minimum absolute atomic E-state index is 0.440. The molecule has 0 aliphatic heterocycles. The van der Waals surface area contributed by atoms with Crippen molar-refractivity contribution < 1.29 is 10.0 Å². The predicted octanol–water partition coefficient (Wildman–Crippen LogP) is 4.04. The van der Waals surface area contributed by atoms with Crippen LogP contribution in [0.4, 0.5) is 5.69 Å². The Kier molecular flexibility index (Phi) is 5.82. The second kappa shape index (κ2) is 8.46. The van der Waals surface area contributed by atoms with Gasteiger partial charge in [0.2, 0.25) is 0 Å². The summed E-state index contributed by atoms with van der Waals surface area (Å²) in [6.45, 7) is 0.860. The zero-order chi connectivity index (χ0) is 17.5. The van der Waals surface area contributed by atoms with Crippen LogP contribution in [-0.4, -0.2) is 17.7 Å². The molecular weight excluding hydrogens is 332 g/mol. The van der Waals surface area contributed by atoms with Crippen molar-refractivity contribution in [3.63, 3.8) is 0 Å². The van der Waals surface area contributed by atoms with Gasteiger partial charge in [0, 0.05) is 17.1 Å². The van der Waals surface area contributed by atoms with Crippen LogP contribution in [0, 0.1) is 0 Å². The van der Waals surface area contributed by atoms with Crippen molar-refractivity contribution in [1.29, 1.82) is 0 Å². The van der Waals surface area contributed by atoms with Crippen LogP contribution in [0.5, 0.6) is 0 Å². The van der Waals surface area contributed by atoms with Crippen LogP contribution in [-0.2, 0) is 11.2 Å². The largest absolute Gasteiger partial charge is 0.385 e. The summed E-state index contributed by atoms with van der Waals surface area (Å²) >= 11 is 1.76. The first kappa shape index (κ1) is 17.2. The summed E-state index contributed by atoms with van der Waals surface area (Å²) in [7, 11) is 0. The molecule has 0 radical (unpaired) electrons. The maximum absolute atomic E-state index is 12.1. The Hall–Kier alpha value is -2.63. The normalized spacial score (nSPS) is 11.7. The topological polar surface area (TPSA) is 61.4 Å². The van der Waals surface area contributed by atoms with E-state index < -0.39 is 11.8 Å². The average molecular weight is 352 g/mol. The highest BCUT2D eigenvalue weighted by molar-refractivity contribution is 7.09. The Morgan fingerprint density at radius 2 is 1.68 bits per heavy atom. The Balaban J connectivity index is 1.69. The van der Waals surface area contributed by atoms with Gasteiger partial charge in [-0.1, -0.05) is 48.5 Å². The fraction of sp³-hybridized carbons (Fsp3) is 0.150. The van der Waals surface area contributed by atoms with E-state index in [0.29, 0.717) is 0 Å². The summed E-state index contributed by atoms with van der Waals surface area (Å²) in [5, 5.41) is 14.6. The van der Waals surface area contributed by atoms with E-state index in [-0.39, 0.29) is 0 Å². The number of carbonyl (C=O) groups is 1. The number of anilines is 1. The van der Waals surface area contributed by atoms with Crippen molar-refractivity contribution in [3.8, 4) is 0 Å². The lowest BCUT2D eigenvalue weighted by atomic mass is 9.90. The van der Waals surface area contributed by atoms with Gasteiger partial charge in [-0.3, -0.25) is 10.0 Å². The first-order chi connectivity index (χ1) is 12.3. The Morgan fingerprint density at radius 3 is 2.32 bits per heavy atom. The number of carbonyl (C=O) groups excluding carboxylic acids is 1. The third-order valence-corrected chi connectivity index (χ3v) is 4.97. The number of rotatable bonds is 7. The number of amides is 1. The first-order valence-electron chi connectivity index (χ1n) is 8.13. The lowest BCUT2D eigenvalue weighted by Gasteiger charge is -2.16. The molecule has 1 amide bonds. The molecule has 1 unspecified atom stereocenters. The fourth-order valence-electron chi connectivity index (χ4n) is 2.78. The first-order valence-corrected chi connectivity index (χ1v) is 9.01. The molecule has 3 aromatic rings. The lowest BCUT2D eigenvalue weighted by molar-refractivity contribution is -0.129. The third-order valence-electron chi connectivity index (χ3n) is 4.03. The maximum atomic E-state index is 12.1. The summed E-state index contributed by atoms with van der Waals surface area (Å²) in [5.74, 6) is -0.976. The van der Waals surface area contributed by atoms with Gasteiger partial charge in [0.05, 0.1) is 5.92 Å². The Labute approximate surface area is 151 Å². The molecule has 0 aliphatic rings. The van der Waals surface area contributed by atoms with E-state index in [1.807, 2.05) is 54.6 Å². The number of thiophene rings is 1. The zero-order valence-corrected chi connectivity index (χ0v) is 14.5. The van der Waals surface area contributed by atoms with Gasteiger partial charge in [0.1, 0.15) is 0 Å². The standard InChI is InChI=1S/C20H20N2O2S/c23-20(22-24)19(15-5-2-1-3-6-15)16-8-10-17(11-9-16)21-13-12-18-7-4-14-25-18/h1-11,14,19,21,24H,12-13H2,(H,22,23). The van der Waals surface area contributed by atoms with Crippen LogP contribution in [0.1, 0.15) is 21.9 Å². The van der Waals surface area contributed by atoms with Gasteiger partial charge in [-0.25, -0.2) is 5.48 Å². The molecule has 1 aromatic heterocycles. The second-order valence-corrected chi connectivity index (χ2v) is 6.73. The molecule has 5 heteroatoms. The SMILES string of the molecule is O=C(NO)C(c1ccccc1)c1ccc(NCCc2cccs2)cc1. The van der Waals surface area contributed by atoms with Crippen molar-refractivity contribution in [2.45, 2.75) is 12.3 Å². The van der Waals surface area contributed by atoms with Crippen molar-refractivity contribution in [1.82, 2.24) is 5.48 Å². The summed E-state index contributed by atoms with van der Waals surface area (Å²) in [6.07, 6.45) is 0.985. The van der Waals surface area contributed by atoms with Crippen molar-refractivity contribution in [2.24, 2.45) is 0 Å². The van der Waals surface area contributed by atoms with E-state index >= 15 is 0 Å². The molecule has 0 fully saturated rings. The number of benzene rings is 2. The molecule has 4 nitrogen and oxygen atoms in total. The molecule has 0 saturated heterocycles. The number of nitrogens with one attached hydrogen (secondary N) is 2. The Morgan fingerprint density at radius 1 is 0.960 bits per heavy atom. The molecule has 128 valence electrons. The van der Waals surface area contributed by atoms with Crippen molar-refractivity contribution in [2.75, 3.05) is 11.9 Å². The number of hydroxylamine groups is 1. The zero-order valence-electron chi connectivity index (χ0n) is 13.7. The third kappa shape index (κ3) is 4.47. The van der Waals surface area contributed by atoms with Gasteiger partial charge >= 0.3 is 0 Å². The predicted molar refractivity (Wildman–Crippen MR) is 101 cm³/mol. The molecule has 2 aromatic carbocycles. The van der Waals surface area contributed by atoms with Crippen LogP contribution in [0.15, 0.2) is 72.1 Å². The Bertz CT molecular complexity index is 786. The maximum Gasteiger partial charge on any atom is 0.255 e. The van der Waals surface area contributed by atoms with Crippen LogP contribution >= 0.6 is 11.3 Å². The van der Waals surface area contributed by atoms with Gasteiger partial charge in [0.15, 0.2) is 0 Å². The summed E-state index contributed by atoms with van der Waals surface area (Å²) in [6, 6.07) is 21.4. The summed E-state index contributed by atoms with van der Waals surface area (Å²) in [5.41, 5.74) is 4.46. The molecule has 25 heavy (non-hydrogen) atoms. The molecule has 1 atom stereocenters. The van der Waals surface area contributed by atoms with E-state index in [0.717, 1.165) is 29.8 Å². The van der Waals surface area contributed by atoms with Crippen molar-refractivity contribution in [3.05, 3.63) is 88.1 Å². The van der Waals surface area contributed by atoms with Crippen LogP contribution < -0.4 is 10.8 Å². The summed E-state index contributed by atoms with van der Waals surface area (Å²) in [4.78, 5) is 13.5. The highest BCUT2D eigenvalue weighted by atomic mass is 32.1. The molecule has 0 spiro atoms. The highest BCUT2D eigenvalue weighted by Gasteiger charge is 2.22. The van der Waals surface area contributed by atoms with Crippen LogP contribution in [0.2, 0.25) is 0 Å². The van der Waals surface area contributed by atoms with E-state index in [1.165, 1.54) is 4.88 Å². The quantitative estimate of drug-likeness (QED) is 0.444. The number of hydrogen-bond acceptors (Lipinski definition) is 4. The fourth-order valence-corrected chi connectivity index (χ4v) is 3.49. The minimum atomic E-state index is -0.536. The van der Waals surface area contributed by atoms with E-state index in [2.05, 4.69) is 22.8 Å². The van der Waals surface area contributed by atoms with Gasteiger partial charge in [-0.15, -0.1) is 11.3 Å². The van der Waals surface area contributed by atoms with E-state index in [9.17, 15) is 4.79 Å². The van der Waals surface area contributed by atoms with Gasteiger partial charge in [-0.2, -0.15) is 0 Å². The molecule has 3 N–H and O–H groups in total. The van der Waals surface area contributed by atoms with Crippen molar-refractivity contribution >= 4 is 22.9 Å². The highest BCUT2D eigenvalue weighted by Crippen LogP contribution is 2.26. The lowest BCUT2D eigenvalue weighted by Crippen LogP contribution is -2.27. The van der Waals surface area contributed by atoms with Gasteiger partial charge < -0.3 is 5.32 Å². The monoisotopic (exact) mass is 352 g/mol. The number of hydrogen-bond donors (Lipinski definition) is 3. The van der Waals surface area contributed by atoms with E-state index in [4.69, 9.17) is 5.21 Å².